The van der Waals surface area contributed by atoms with Gasteiger partial charge in [-0.05, 0) is 25.3 Å². The minimum atomic E-state index is -0.135. The van der Waals surface area contributed by atoms with Crippen LogP contribution in [0.15, 0.2) is 12.3 Å². The lowest BCUT2D eigenvalue weighted by molar-refractivity contribution is -0.225. The fraction of sp³-hybridized carbons (Fsp3) is 0.778. The van der Waals surface area contributed by atoms with E-state index < -0.39 is 0 Å². The van der Waals surface area contributed by atoms with E-state index in [1.165, 1.54) is 0 Å². The molecule has 0 aromatic heterocycles. The lowest BCUT2D eigenvalue weighted by Gasteiger charge is -2.30. The highest BCUT2D eigenvalue weighted by atomic mass is 16.7. The van der Waals surface area contributed by atoms with Crippen LogP contribution < -0.4 is 0 Å². The van der Waals surface area contributed by atoms with E-state index in [1.54, 1.807) is 6.26 Å². The fourth-order valence-electron chi connectivity index (χ4n) is 1.47. The maximum Gasteiger partial charge on any atom is 0.194 e. The van der Waals surface area contributed by atoms with E-state index in [0.717, 1.165) is 32.5 Å². The predicted molar refractivity (Wildman–Crippen MR) is 43.6 cm³/mol. The van der Waals surface area contributed by atoms with Gasteiger partial charge in [0.15, 0.2) is 6.29 Å². The Hall–Kier alpha value is -0.540. The SMILES string of the molecule is C1=COC(C2OCCCO2)CC1. The van der Waals surface area contributed by atoms with Gasteiger partial charge in [0, 0.05) is 0 Å². The number of allylic oxidation sites excluding steroid dienone is 1. The van der Waals surface area contributed by atoms with E-state index in [2.05, 4.69) is 0 Å². The molecule has 0 bridgehead atoms. The van der Waals surface area contributed by atoms with Gasteiger partial charge in [0.1, 0.15) is 6.10 Å². The summed E-state index contributed by atoms with van der Waals surface area (Å²) in [5.74, 6) is 0. The number of hydrogen-bond donors (Lipinski definition) is 0. The quantitative estimate of drug-likeness (QED) is 0.596. The van der Waals surface area contributed by atoms with Gasteiger partial charge in [-0.3, -0.25) is 0 Å². The second-order valence-corrected chi connectivity index (χ2v) is 3.09. The average Bonchev–Trinajstić information content (AvgIpc) is 2.21. The largest absolute Gasteiger partial charge is 0.493 e. The highest BCUT2D eigenvalue weighted by molar-refractivity contribution is 4.84. The third-order valence-corrected chi connectivity index (χ3v) is 2.12. The van der Waals surface area contributed by atoms with Crippen molar-refractivity contribution >= 4 is 0 Å². The molecule has 12 heavy (non-hydrogen) atoms. The molecule has 2 aliphatic rings. The molecule has 0 radical (unpaired) electrons. The monoisotopic (exact) mass is 170 g/mol. The Morgan fingerprint density at radius 3 is 2.67 bits per heavy atom. The first-order chi connectivity index (χ1) is 5.97. The molecule has 1 unspecified atom stereocenters. The molecule has 0 amide bonds. The molecule has 0 N–H and O–H groups in total. The van der Waals surface area contributed by atoms with E-state index in [9.17, 15) is 0 Å². The molecule has 3 nitrogen and oxygen atoms in total. The Morgan fingerprint density at radius 2 is 2.00 bits per heavy atom. The molecular weight excluding hydrogens is 156 g/mol. The van der Waals surface area contributed by atoms with Crippen LogP contribution in [0.25, 0.3) is 0 Å². The zero-order chi connectivity index (χ0) is 8.23. The van der Waals surface area contributed by atoms with Crippen molar-refractivity contribution < 1.29 is 14.2 Å². The highest BCUT2D eigenvalue weighted by Crippen LogP contribution is 2.19. The molecule has 0 aromatic rings. The van der Waals surface area contributed by atoms with Gasteiger partial charge in [-0.2, -0.15) is 0 Å². The molecule has 1 fully saturated rings. The Morgan fingerprint density at radius 1 is 1.17 bits per heavy atom. The summed E-state index contributed by atoms with van der Waals surface area (Å²) in [5.41, 5.74) is 0. The summed E-state index contributed by atoms with van der Waals surface area (Å²) >= 11 is 0. The maximum atomic E-state index is 5.44. The van der Waals surface area contributed by atoms with Crippen LogP contribution in [0.2, 0.25) is 0 Å². The summed E-state index contributed by atoms with van der Waals surface area (Å²) in [6.07, 6.45) is 6.81. The molecule has 0 saturated carbocycles. The van der Waals surface area contributed by atoms with Crippen LogP contribution in [0.3, 0.4) is 0 Å². The van der Waals surface area contributed by atoms with Crippen molar-refractivity contribution in [2.24, 2.45) is 0 Å². The first-order valence-corrected chi connectivity index (χ1v) is 4.50. The molecule has 0 aromatic carbocycles. The molecule has 2 heterocycles. The summed E-state index contributed by atoms with van der Waals surface area (Å²) in [6, 6.07) is 0. The third kappa shape index (κ3) is 1.79. The average molecular weight is 170 g/mol. The summed E-state index contributed by atoms with van der Waals surface area (Å²) in [6.45, 7) is 1.60. The maximum absolute atomic E-state index is 5.44. The standard InChI is InChI=1S/C9H14O3/c1-2-5-10-8(4-1)9-11-6-3-7-12-9/h2,5,8-9H,1,3-4,6-7H2. The zero-order valence-electron chi connectivity index (χ0n) is 7.07. The Balaban J connectivity index is 1.85. The molecule has 1 saturated heterocycles. The van der Waals surface area contributed by atoms with Gasteiger partial charge >= 0.3 is 0 Å². The van der Waals surface area contributed by atoms with Crippen LogP contribution in [0.5, 0.6) is 0 Å². The third-order valence-electron chi connectivity index (χ3n) is 2.12. The predicted octanol–water partition coefficient (Wildman–Crippen LogP) is 1.44. The fourth-order valence-corrected chi connectivity index (χ4v) is 1.47. The van der Waals surface area contributed by atoms with Gasteiger partial charge in [0.25, 0.3) is 0 Å². The molecule has 1 atom stereocenters. The summed E-state index contributed by atoms with van der Waals surface area (Å²) < 4.78 is 16.3. The molecule has 0 aliphatic carbocycles. The van der Waals surface area contributed by atoms with Gasteiger partial charge in [-0.25, -0.2) is 0 Å². The van der Waals surface area contributed by atoms with E-state index in [4.69, 9.17) is 14.2 Å². The van der Waals surface area contributed by atoms with Crippen LogP contribution >= 0.6 is 0 Å². The van der Waals surface area contributed by atoms with E-state index >= 15 is 0 Å². The molecule has 2 aliphatic heterocycles. The van der Waals surface area contributed by atoms with E-state index in [-0.39, 0.29) is 12.4 Å². The van der Waals surface area contributed by atoms with Gasteiger partial charge in [-0.15, -0.1) is 0 Å². The molecule has 2 rings (SSSR count). The van der Waals surface area contributed by atoms with Gasteiger partial charge < -0.3 is 14.2 Å². The van der Waals surface area contributed by atoms with Gasteiger partial charge in [0.05, 0.1) is 19.5 Å². The van der Waals surface area contributed by atoms with Crippen molar-refractivity contribution in [1.82, 2.24) is 0 Å². The molecule has 68 valence electrons. The first-order valence-electron chi connectivity index (χ1n) is 4.50. The highest BCUT2D eigenvalue weighted by Gasteiger charge is 2.26. The van der Waals surface area contributed by atoms with Crippen LogP contribution in [-0.4, -0.2) is 25.6 Å². The summed E-state index contributed by atoms with van der Waals surface area (Å²) in [7, 11) is 0. The van der Waals surface area contributed by atoms with Crippen molar-refractivity contribution in [2.75, 3.05) is 13.2 Å². The minimum Gasteiger partial charge on any atom is -0.493 e. The normalized spacial score (nSPS) is 31.5. The lowest BCUT2D eigenvalue weighted by Crippen LogP contribution is -2.37. The van der Waals surface area contributed by atoms with Gasteiger partial charge in [0.2, 0.25) is 0 Å². The first kappa shape index (κ1) is 8.08. The lowest BCUT2D eigenvalue weighted by atomic mass is 10.1. The van der Waals surface area contributed by atoms with Gasteiger partial charge in [-0.1, -0.05) is 0 Å². The van der Waals surface area contributed by atoms with E-state index in [0.29, 0.717) is 0 Å². The second-order valence-electron chi connectivity index (χ2n) is 3.09. The minimum absolute atomic E-state index is 0.107. The number of hydrogen-bond acceptors (Lipinski definition) is 3. The molecular formula is C9H14O3. The van der Waals surface area contributed by atoms with Crippen LogP contribution in [-0.2, 0) is 14.2 Å². The topological polar surface area (TPSA) is 27.7 Å². The summed E-state index contributed by atoms with van der Waals surface area (Å²) in [5, 5.41) is 0. The van der Waals surface area contributed by atoms with Crippen LogP contribution in [0, 0.1) is 0 Å². The Labute approximate surface area is 72.3 Å². The zero-order valence-corrected chi connectivity index (χ0v) is 7.07. The Bertz CT molecular complexity index is 161. The number of rotatable bonds is 1. The van der Waals surface area contributed by atoms with Crippen molar-refractivity contribution in [3.8, 4) is 0 Å². The van der Waals surface area contributed by atoms with Crippen molar-refractivity contribution in [3.63, 3.8) is 0 Å². The summed E-state index contributed by atoms with van der Waals surface area (Å²) in [4.78, 5) is 0. The molecule has 3 heteroatoms. The van der Waals surface area contributed by atoms with E-state index in [1.807, 2.05) is 6.08 Å². The van der Waals surface area contributed by atoms with Crippen molar-refractivity contribution in [2.45, 2.75) is 31.7 Å². The smallest absolute Gasteiger partial charge is 0.194 e. The van der Waals surface area contributed by atoms with Crippen molar-refractivity contribution in [3.05, 3.63) is 12.3 Å². The number of ether oxygens (including phenoxy) is 3. The molecule has 0 spiro atoms. The van der Waals surface area contributed by atoms with Crippen LogP contribution in [0.4, 0.5) is 0 Å². The van der Waals surface area contributed by atoms with Crippen molar-refractivity contribution in [1.29, 1.82) is 0 Å². The Kier molecular flexibility index (Phi) is 2.64. The van der Waals surface area contributed by atoms with Crippen LogP contribution in [0.1, 0.15) is 19.3 Å². The second kappa shape index (κ2) is 3.92.